The summed E-state index contributed by atoms with van der Waals surface area (Å²) in [5.41, 5.74) is 0.718. The van der Waals surface area contributed by atoms with Gasteiger partial charge in [0.05, 0.1) is 10.6 Å². The van der Waals surface area contributed by atoms with Crippen LogP contribution in [0.2, 0.25) is 0 Å². The number of halogens is 1. The minimum atomic E-state index is -4.29. The molecule has 0 saturated heterocycles. The maximum atomic E-state index is 14.8. The molecule has 0 bridgehead atoms. The second kappa shape index (κ2) is 12.3. The van der Waals surface area contributed by atoms with E-state index in [1.165, 1.54) is 42.3 Å². The summed E-state index contributed by atoms with van der Waals surface area (Å²) in [5, 5.41) is 2.58. The van der Waals surface area contributed by atoms with Crippen LogP contribution in [0.25, 0.3) is 0 Å². The van der Waals surface area contributed by atoms with Crippen molar-refractivity contribution in [3.05, 3.63) is 96.3 Å². The van der Waals surface area contributed by atoms with Gasteiger partial charge in [-0.1, -0.05) is 67.6 Å². The monoisotopic (exact) mass is 511 g/mol. The van der Waals surface area contributed by atoms with Gasteiger partial charge in [0.2, 0.25) is 11.8 Å². The third-order valence-corrected chi connectivity index (χ3v) is 7.62. The normalized spacial score (nSPS) is 12.0. The molecule has 190 valence electrons. The molecule has 0 fully saturated rings. The van der Waals surface area contributed by atoms with Crippen LogP contribution >= 0.6 is 0 Å². The molecule has 1 N–H and O–H groups in total. The predicted octanol–water partition coefficient (Wildman–Crippen LogP) is 3.62. The van der Waals surface area contributed by atoms with Crippen molar-refractivity contribution < 1.29 is 22.4 Å². The third kappa shape index (κ3) is 6.28. The Balaban J connectivity index is 2.00. The van der Waals surface area contributed by atoms with Crippen molar-refractivity contribution in [1.82, 2.24) is 10.2 Å². The van der Waals surface area contributed by atoms with Gasteiger partial charge in [0.1, 0.15) is 18.4 Å². The number of benzene rings is 3. The molecule has 3 aromatic carbocycles. The van der Waals surface area contributed by atoms with Crippen LogP contribution in [0.15, 0.2) is 89.8 Å². The number of sulfonamides is 1. The third-order valence-electron chi connectivity index (χ3n) is 5.85. The van der Waals surface area contributed by atoms with E-state index >= 15 is 0 Å². The molecule has 9 heteroatoms. The molecule has 2 amide bonds. The zero-order chi connectivity index (χ0) is 26.1. The zero-order valence-corrected chi connectivity index (χ0v) is 21.1. The van der Waals surface area contributed by atoms with Gasteiger partial charge in [-0.15, -0.1) is 0 Å². The van der Waals surface area contributed by atoms with Gasteiger partial charge in [0.15, 0.2) is 0 Å². The van der Waals surface area contributed by atoms with Gasteiger partial charge in [-0.25, -0.2) is 12.8 Å². The summed E-state index contributed by atoms with van der Waals surface area (Å²) in [4.78, 5) is 27.6. The second-order valence-corrected chi connectivity index (χ2v) is 10.00. The maximum absolute atomic E-state index is 14.8. The highest BCUT2D eigenvalue weighted by atomic mass is 32.2. The smallest absolute Gasteiger partial charge is 0.264 e. The van der Waals surface area contributed by atoms with E-state index in [2.05, 4.69) is 5.32 Å². The molecule has 0 heterocycles. The quantitative estimate of drug-likeness (QED) is 0.426. The molecular weight excluding hydrogens is 481 g/mol. The average Bonchev–Trinajstić information content (AvgIpc) is 2.90. The highest BCUT2D eigenvalue weighted by molar-refractivity contribution is 7.92. The van der Waals surface area contributed by atoms with E-state index in [-0.39, 0.29) is 23.0 Å². The highest BCUT2D eigenvalue weighted by Gasteiger charge is 2.34. The number of carbonyl (C=O) groups is 2. The van der Waals surface area contributed by atoms with Crippen LogP contribution in [0.3, 0.4) is 0 Å². The fourth-order valence-electron chi connectivity index (χ4n) is 3.95. The van der Waals surface area contributed by atoms with E-state index in [1.54, 1.807) is 25.1 Å². The Morgan fingerprint density at radius 2 is 1.50 bits per heavy atom. The lowest BCUT2D eigenvalue weighted by Gasteiger charge is -2.33. The first-order valence-corrected chi connectivity index (χ1v) is 13.1. The number of hydrogen-bond donors (Lipinski definition) is 1. The number of nitrogens with zero attached hydrogens (tertiary/aromatic N) is 2. The van der Waals surface area contributed by atoms with Crippen LogP contribution in [0, 0.1) is 5.82 Å². The summed E-state index contributed by atoms with van der Waals surface area (Å²) in [6.45, 7) is 1.30. The minimum Gasteiger partial charge on any atom is -0.357 e. The first kappa shape index (κ1) is 26.9. The molecule has 0 aromatic heterocycles. The van der Waals surface area contributed by atoms with Gasteiger partial charge in [-0.05, 0) is 42.7 Å². The Morgan fingerprint density at radius 3 is 2.08 bits per heavy atom. The number of likely N-dealkylation sites (N-methyl/N-ethyl adjacent to an activating group) is 1. The van der Waals surface area contributed by atoms with Gasteiger partial charge in [0.25, 0.3) is 10.0 Å². The van der Waals surface area contributed by atoms with E-state index in [9.17, 15) is 22.4 Å². The van der Waals surface area contributed by atoms with E-state index in [0.717, 1.165) is 15.9 Å². The van der Waals surface area contributed by atoms with Crippen molar-refractivity contribution in [2.45, 2.75) is 30.7 Å². The lowest BCUT2D eigenvalue weighted by molar-refractivity contribution is -0.139. The lowest BCUT2D eigenvalue weighted by Crippen LogP contribution is -2.52. The Bertz CT molecular complexity index is 1270. The van der Waals surface area contributed by atoms with Crippen molar-refractivity contribution in [3.8, 4) is 0 Å². The Labute approximate surface area is 211 Å². The Hall–Kier alpha value is -3.72. The molecule has 36 heavy (non-hydrogen) atoms. The SMILES string of the molecule is CC[C@@H](C(=O)NC)N(CCc1ccccc1)C(=O)CN(c1ccccc1F)S(=O)(=O)c1ccccc1. The number of hydrogen-bond acceptors (Lipinski definition) is 4. The van der Waals surface area contributed by atoms with Crippen LogP contribution in [0.5, 0.6) is 0 Å². The molecular formula is C27H30FN3O4S. The van der Waals surface area contributed by atoms with Crippen LogP contribution in [-0.4, -0.2) is 51.3 Å². The van der Waals surface area contributed by atoms with Crippen molar-refractivity contribution in [3.63, 3.8) is 0 Å². The number of amides is 2. The molecule has 0 unspecified atom stereocenters. The van der Waals surface area contributed by atoms with Gasteiger partial charge < -0.3 is 10.2 Å². The summed E-state index contributed by atoms with van der Waals surface area (Å²) in [6, 6.07) is 21.6. The Kier molecular flexibility index (Phi) is 9.19. The number of nitrogens with one attached hydrogen (secondary N) is 1. The van der Waals surface area contributed by atoms with E-state index in [4.69, 9.17) is 0 Å². The number of carbonyl (C=O) groups excluding carboxylic acids is 2. The van der Waals surface area contributed by atoms with Crippen LogP contribution in [0.4, 0.5) is 10.1 Å². The molecule has 0 aliphatic rings. The van der Waals surface area contributed by atoms with Gasteiger partial charge >= 0.3 is 0 Å². The van der Waals surface area contributed by atoms with Gasteiger partial charge in [-0.3, -0.25) is 13.9 Å². The molecule has 0 saturated carbocycles. The van der Waals surface area contributed by atoms with Gasteiger partial charge in [-0.2, -0.15) is 0 Å². The van der Waals surface area contributed by atoms with E-state index in [0.29, 0.717) is 12.8 Å². The van der Waals surface area contributed by atoms with Crippen LogP contribution < -0.4 is 9.62 Å². The summed E-state index contributed by atoms with van der Waals surface area (Å²) < 4.78 is 42.7. The number of para-hydroxylation sites is 1. The van der Waals surface area contributed by atoms with Crippen molar-refractivity contribution >= 4 is 27.5 Å². The fraction of sp³-hybridized carbons (Fsp3) is 0.259. The molecule has 7 nitrogen and oxygen atoms in total. The first-order chi connectivity index (χ1) is 17.3. The largest absolute Gasteiger partial charge is 0.357 e. The molecule has 3 aromatic rings. The van der Waals surface area contributed by atoms with Crippen molar-refractivity contribution in [2.24, 2.45) is 0 Å². The standard InChI is InChI=1S/C27H30FN3O4S/c1-3-24(27(33)29-2)30(19-18-21-12-6-4-7-13-21)26(32)20-31(25-17-11-10-16-23(25)28)36(34,35)22-14-8-5-9-15-22/h4-17,24H,3,18-20H2,1-2H3,(H,29,33)/t24-/m0/s1. The maximum Gasteiger partial charge on any atom is 0.264 e. The van der Waals surface area contributed by atoms with E-state index < -0.39 is 34.3 Å². The summed E-state index contributed by atoms with van der Waals surface area (Å²) in [6.07, 6.45) is 0.788. The van der Waals surface area contributed by atoms with Crippen LogP contribution in [0.1, 0.15) is 18.9 Å². The predicted molar refractivity (Wildman–Crippen MR) is 137 cm³/mol. The second-order valence-electron chi connectivity index (χ2n) is 8.14. The van der Waals surface area contributed by atoms with E-state index in [1.807, 2.05) is 30.3 Å². The summed E-state index contributed by atoms with van der Waals surface area (Å²) >= 11 is 0. The Morgan fingerprint density at radius 1 is 0.917 bits per heavy atom. The fourth-order valence-corrected chi connectivity index (χ4v) is 5.39. The summed E-state index contributed by atoms with van der Waals surface area (Å²) in [7, 11) is -2.80. The topological polar surface area (TPSA) is 86.8 Å². The molecule has 0 aliphatic heterocycles. The summed E-state index contributed by atoms with van der Waals surface area (Å²) in [5.74, 6) is -1.75. The lowest BCUT2D eigenvalue weighted by atomic mass is 10.1. The average molecular weight is 512 g/mol. The van der Waals surface area contributed by atoms with Crippen molar-refractivity contribution in [2.75, 3.05) is 24.4 Å². The van der Waals surface area contributed by atoms with Crippen molar-refractivity contribution in [1.29, 1.82) is 0 Å². The zero-order valence-electron chi connectivity index (χ0n) is 20.3. The van der Waals surface area contributed by atoms with Crippen LogP contribution in [-0.2, 0) is 26.0 Å². The minimum absolute atomic E-state index is 0.0739. The number of rotatable bonds is 11. The molecule has 0 radical (unpaired) electrons. The van der Waals surface area contributed by atoms with Gasteiger partial charge in [0, 0.05) is 13.6 Å². The molecule has 0 aliphatic carbocycles. The highest BCUT2D eigenvalue weighted by Crippen LogP contribution is 2.26. The molecule has 0 spiro atoms. The number of anilines is 1. The first-order valence-electron chi connectivity index (χ1n) is 11.7. The molecule has 1 atom stereocenters. The molecule has 3 rings (SSSR count).